The Labute approximate surface area is 108 Å². The molecule has 1 aromatic rings. The molecule has 0 heterocycles. The first-order chi connectivity index (χ1) is 8.76. The van der Waals surface area contributed by atoms with Crippen molar-refractivity contribution < 1.29 is 14.2 Å². The van der Waals surface area contributed by atoms with Crippen molar-refractivity contribution in [2.24, 2.45) is 5.92 Å². The number of ether oxygens (including phenoxy) is 3. The predicted molar refractivity (Wildman–Crippen MR) is 70.6 cm³/mol. The van der Waals surface area contributed by atoms with Crippen molar-refractivity contribution in [1.29, 1.82) is 0 Å². The third-order valence-corrected chi connectivity index (χ3v) is 3.32. The fraction of sp³-hybridized carbons (Fsp3) is 0.571. The Morgan fingerprint density at radius 3 is 2.11 bits per heavy atom. The van der Waals surface area contributed by atoms with E-state index in [0.29, 0.717) is 12.6 Å². The van der Waals surface area contributed by atoms with Crippen molar-refractivity contribution in [3.8, 4) is 17.2 Å². The van der Waals surface area contributed by atoms with E-state index < -0.39 is 0 Å². The van der Waals surface area contributed by atoms with Crippen LogP contribution in [0.1, 0.15) is 12.8 Å². The summed E-state index contributed by atoms with van der Waals surface area (Å²) in [4.78, 5) is 0. The van der Waals surface area contributed by atoms with Crippen molar-refractivity contribution in [2.75, 3.05) is 27.9 Å². The van der Waals surface area contributed by atoms with Gasteiger partial charge >= 0.3 is 0 Å². The molecule has 1 aromatic carbocycles. The second-order valence-electron chi connectivity index (χ2n) is 4.59. The molecule has 100 valence electrons. The van der Waals surface area contributed by atoms with E-state index in [2.05, 4.69) is 5.32 Å². The van der Waals surface area contributed by atoms with Crippen LogP contribution < -0.4 is 19.5 Å². The molecule has 1 N–H and O–H groups in total. The van der Waals surface area contributed by atoms with Crippen LogP contribution in [0.3, 0.4) is 0 Å². The van der Waals surface area contributed by atoms with Crippen LogP contribution in [0.5, 0.6) is 17.2 Å². The quantitative estimate of drug-likeness (QED) is 0.805. The summed E-state index contributed by atoms with van der Waals surface area (Å²) >= 11 is 0. The number of benzene rings is 1. The molecule has 0 bridgehead atoms. The lowest BCUT2D eigenvalue weighted by atomic mass is 10.2. The predicted octanol–water partition coefficient (Wildman–Crippen LogP) is 2.08. The minimum absolute atomic E-state index is 0.433. The van der Waals surface area contributed by atoms with Crippen LogP contribution in [0.25, 0.3) is 0 Å². The lowest BCUT2D eigenvalue weighted by Gasteiger charge is -2.17. The molecule has 1 aliphatic rings. The Bertz CT molecular complexity index is 368. The van der Waals surface area contributed by atoms with Gasteiger partial charge in [-0.1, -0.05) is 0 Å². The van der Waals surface area contributed by atoms with Gasteiger partial charge in [-0.25, -0.2) is 0 Å². The molecular weight excluding hydrogens is 230 g/mol. The zero-order chi connectivity index (χ0) is 13.0. The molecule has 0 spiro atoms. The van der Waals surface area contributed by atoms with E-state index in [9.17, 15) is 0 Å². The Hall–Kier alpha value is -1.42. The Morgan fingerprint density at radius 2 is 1.67 bits per heavy atom. The van der Waals surface area contributed by atoms with Crippen LogP contribution in [0, 0.1) is 5.92 Å². The van der Waals surface area contributed by atoms with Crippen LogP contribution in [0.2, 0.25) is 0 Å². The third kappa shape index (κ3) is 3.29. The summed E-state index contributed by atoms with van der Waals surface area (Å²) in [5.74, 6) is 3.04. The van der Waals surface area contributed by atoms with E-state index in [1.54, 1.807) is 14.2 Å². The topological polar surface area (TPSA) is 39.7 Å². The maximum Gasteiger partial charge on any atom is 0.126 e. The van der Waals surface area contributed by atoms with Crippen LogP contribution in [-0.2, 0) is 0 Å². The molecule has 1 aliphatic carbocycles. The van der Waals surface area contributed by atoms with Gasteiger partial charge in [0.05, 0.1) is 14.2 Å². The van der Waals surface area contributed by atoms with E-state index in [1.807, 2.05) is 25.2 Å². The Kier molecular flexibility index (Phi) is 4.31. The Morgan fingerprint density at radius 1 is 1.11 bits per heavy atom. The summed E-state index contributed by atoms with van der Waals surface area (Å²) in [5, 5.41) is 3.30. The monoisotopic (exact) mass is 251 g/mol. The van der Waals surface area contributed by atoms with Crippen LogP contribution >= 0.6 is 0 Å². The summed E-state index contributed by atoms with van der Waals surface area (Å²) in [6, 6.07) is 6.02. The number of methoxy groups -OCH3 is 2. The largest absolute Gasteiger partial charge is 0.496 e. The van der Waals surface area contributed by atoms with Gasteiger partial charge in [0.25, 0.3) is 0 Å². The average molecular weight is 251 g/mol. The standard InChI is InChI=1S/C14H21NO3/c1-15-14(10-4-5-10)9-18-13-7-11(16-2)6-12(8-13)17-3/h6-8,10,14-15H,4-5,9H2,1-3H3. The van der Waals surface area contributed by atoms with Crippen molar-refractivity contribution in [3.05, 3.63) is 18.2 Å². The van der Waals surface area contributed by atoms with Gasteiger partial charge in [-0.3, -0.25) is 0 Å². The number of rotatable bonds is 7. The number of hydrogen-bond donors (Lipinski definition) is 1. The van der Waals surface area contributed by atoms with Gasteiger partial charge in [-0.15, -0.1) is 0 Å². The summed E-state index contributed by atoms with van der Waals surface area (Å²) in [6.45, 7) is 0.678. The highest BCUT2D eigenvalue weighted by molar-refractivity contribution is 5.42. The molecule has 1 atom stereocenters. The van der Waals surface area contributed by atoms with E-state index in [-0.39, 0.29) is 0 Å². The molecule has 18 heavy (non-hydrogen) atoms. The maximum atomic E-state index is 5.82. The highest BCUT2D eigenvalue weighted by Crippen LogP contribution is 2.33. The minimum atomic E-state index is 0.433. The highest BCUT2D eigenvalue weighted by atomic mass is 16.5. The zero-order valence-electron chi connectivity index (χ0n) is 11.2. The van der Waals surface area contributed by atoms with Crippen LogP contribution in [-0.4, -0.2) is 33.9 Å². The summed E-state index contributed by atoms with van der Waals surface area (Å²) in [5.41, 5.74) is 0. The Balaban J connectivity index is 1.98. The lowest BCUT2D eigenvalue weighted by molar-refractivity contribution is 0.254. The van der Waals surface area contributed by atoms with Crippen molar-refractivity contribution in [2.45, 2.75) is 18.9 Å². The van der Waals surface area contributed by atoms with Gasteiger partial charge in [0.1, 0.15) is 23.9 Å². The van der Waals surface area contributed by atoms with Crippen LogP contribution in [0.15, 0.2) is 18.2 Å². The van der Waals surface area contributed by atoms with Crippen LogP contribution in [0.4, 0.5) is 0 Å². The minimum Gasteiger partial charge on any atom is -0.496 e. The van der Waals surface area contributed by atoms with Gasteiger partial charge in [0.15, 0.2) is 0 Å². The molecule has 1 fully saturated rings. The molecule has 0 aromatic heterocycles. The number of likely N-dealkylation sites (N-methyl/N-ethyl adjacent to an activating group) is 1. The first-order valence-corrected chi connectivity index (χ1v) is 6.30. The summed E-state index contributed by atoms with van der Waals surface area (Å²) < 4.78 is 16.3. The van der Waals surface area contributed by atoms with E-state index in [4.69, 9.17) is 14.2 Å². The van der Waals surface area contributed by atoms with Crippen molar-refractivity contribution >= 4 is 0 Å². The van der Waals surface area contributed by atoms with E-state index in [1.165, 1.54) is 12.8 Å². The molecule has 0 radical (unpaired) electrons. The van der Waals surface area contributed by atoms with Gasteiger partial charge in [0, 0.05) is 24.2 Å². The molecular formula is C14H21NO3. The molecule has 0 amide bonds. The van der Waals surface area contributed by atoms with E-state index >= 15 is 0 Å². The molecule has 1 saturated carbocycles. The first-order valence-electron chi connectivity index (χ1n) is 6.30. The van der Waals surface area contributed by atoms with E-state index in [0.717, 1.165) is 23.2 Å². The average Bonchev–Trinajstić information content (AvgIpc) is 3.23. The molecule has 2 rings (SSSR count). The molecule has 4 nitrogen and oxygen atoms in total. The summed E-state index contributed by atoms with van der Waals surface area (Å²) in [7, 11) is 5.26. The first kappa shape index (κ1) is 13.0. The number of nitrogens with one attached hydrogen (secondary N) is 1. The molecule has 4 heteroatoms. The van der Waals surface area contributed by atoms with Crippen molar-refractivity contribution in [1.82, 2.24) is 5.32 Å². The number of hydrogen-bond acceptors (Lipinski definition) is 4. The zero-order valence-corrected chi connectivity index (χ0v) is 11.2. The second-order valence-corrected chi connectivity index (χ2v) is 4.59. The maximum absolute atomic E-state index is 5.82. The molecule has 0 saturated heterocycles. The van der Waals surface area contributed by atoms with Gasteiger partial charge in [0.2, 0.25) is 0 Å². The normalized spacial score (nSPS) is 16.2. The van der Waals surface area contributed by atoms with Crippen molar-refractivity contribution in [3.63, 3.8) is 0 Å². The fourth-order valence-electron chi connectivity index (χ4n) is 2.00. The highest BCUT2D eigenvalue weighted by Gasteiger charge is 2.30. The molecule has 1 unspecified atom stereocenters. The van der Waals surface area contributed by atoms with Gasteiger partial charge in [-0.2, -0.15) is 0 Å². The fourth-order valence-corrected chi connectivity index (χ4v) is 2.00. The SMILES string of the molecule is CNC(COc1cc(OC)cc(OC)c1)C1CC1. The molecule has 0 aliphatic heterocycles. The van der Waals surface area contributed by atoms with Gasteiger partial charge < -0.3 is 19.5 Å². The lowest BCUT2D eigenvalue weighted by Crippen LogP contribution is -2.33. The smallest absolute Gasteiger partial charge is 0.126 e. The van der Waals surface area contributed by atoms with Gasteiger partial charge in [-0.05, 0) is 25.8 Å². The second kappa shape index (κ2) is 5.96. The summed E-state index contributed by atoms with van der Waals surface area (Å²) in [6.07, 6.45) is 2.60. The third-order valence-electron chi connectivity index (χ3n) is 3.32.